The highest BCUT2D eigenvalue weighted by molar-refractivity contribution is 5.87. The molecule has 0 saturated heterocycles. The Bertz CT molecular complexity index is 259. The van der Waals surface area contributed by atoms with Gasteiger partial charge in [-0.1, -0.05) is 0 Å². The minimum absolute atomic E-state index is 0.0983. The van der Waals surface area contributed by atoms with Crippen molar-refractivity contribution in [1.82, 2.24) is 9.80 Å². The first kappa shape index (κ1) is 22.1. The van der Waals surface area contributed by atoms with Gasteiger partial charge in [-0.15, -0.1) is 0 Å². The lowest BCUT2D eigenvalue weighted by molar-refractivity contribution is -0.112. The molecule has 0 aliphatic rings. The first-order valence-electron chi connectivity index (χ1n) is 5.91. The molecule has 0 heterocycles. The van der Waals surface area contributed by atoms with Crippen molar-refractivity contribution in [3.8, 4) is 0 Å². The van der Waals surface area contributed by atoms with Gasteiger partial charge in [-0.3, -0.25) is 9.79 Å². The first-order valence-corrected chi connectivity index (χ1v) is 5.91. The van der Waals surface area contributed by atoms with Gasteiger partial charge in [0.05, 0.1) is 0 Å². The number of hydrogen-bond acceptors (Lipinski definition) is 4. The van der Waals surface area contributed by atoms with Crippen molar-refractivity contribution in [1.29, 1.82) is 0 Å². The summed E-state index contributed by atoms with van der Waals surface area (Å²) in [6.07, 6.45) is 1.61. The van der Waals surface area contributed by atoms with Crippen molar-refractivity contribution in [2.45, 2.75) is 27.7 Å². The zero-order valence-corrected chi connectivity index (χ0v) is 13.8. The molecule has 0 aromatic heterocycles. The Labute approximate surface area is 113 Å². The summed E-state index contributed by atoms with van der Waals surface area (Å²) >= 11 is 0. The summed E-state index contributed by atoms with van der Waals surface area (Å²) in [4.78, 5) is 18.2. The van der Waals surface area contributed by atoms with Gasteiger partial charge in [0.1, 0.15) is 0 Å². The van der Waals surface area contributed by atoms with Crippen LogP contribution in [0.2, 0.25) is 0 Å². The molecule has 108 valence electrons. The lowest BCUT2D eigenvalue weighted by atomic mass is 10.3. The first-order chi connectivity index (χ1) is 8.04. The Hall–Kier alpha value is -1.16. The largest absolute Gasteiger partial charge is 0.381 e. The molecular weight excluding hydrogens is 226 g/mol. The molecular formula is C14H31N3O. The fraction of sp³-hybridized carbons (Fsp3) is 0.714. The molecule has 4 heteroatoms. The van der Waals surface area contributed by atoms with Gasteiger partial charge in [0.15, 0.2) is 5.78 Å². The summed E-state index contributed by atoms with van der Waals surface area (Å²) in [5.74, 6) is 0.0983. The Morgan fingerprint density at radius 3 is 1.28 bits per heavy atom. The number of rotatable bonds is 2. The van der Waals surface area contributed by atoms with Crippen LogP contribution in [0.25, 0.3) is 0 Å². The van der Waals surface area contributed by atoms with E-state index in [4.69, 9.17) is 0 Å². The van der Waals surface area contributed by atoms with Gasteiger partial charge in [0.2, 0.25) is 0 Å². The normalized spacial score (nSPS) is 9.61. The average Bonchev–Trinajstić information content (AvgIpc) is 2.16. The maximum absolute atomic E-state index is 10.5. The van der Waals surface area contributed by atoms with E-state index in [0.717, 1.165) is 11.4 Å². The van der Waals surface area contributed by atoms with Gasteiger partial charge in [0, 0.05) is 32.6 Å². The van der Waals surface area contributed by atoms with Crippen molar-refractivity contribution in [2.75, 3.05) is 42.3 Å². The zero-order valence-electron chi connectivity index (χ0n) is 13.8. The maximum Gasteiger partial charge on any atom is 0.154 e. The van der Waals surface area contributed by atoms with Crippen LogP contribution in [0.4, 0.5) is 0 Å². The van der Waals surface area contributed by atoms with Crippen LogP contribution in [-0.4, -0.2) is 63.6 Å². The monoisotopic (exact) mass is 257 g/mol. The minimum atomic E-state index is 0.0983. The molecule has 18 heavy (non-hydrogen) atoms. The van der Waals surface area contributed by atoms with E-state index < -0.39 is 0 Å². The second-order valence-corrected chi connectivity index (χ2v) is 4.80. The van der Waals surface area contributed by atoms with Crippen molar-refractivity contribution < 1.29 is 4.79 Å². The molecule has 0 aromatic carbocycles. The van der Waals surface area contributed by atoms with E-state index in [-0.39, 0.29) is 5.78 Å². The number of aliphatic imine (C=N–C) groups is 1. The van der Waals surface area contributed by atoms with Crippen LogP contribution in [0.5, 0.6) is 0 Å². The molecule has 0 amide bonds. The van der Waals surface area contributed by atoms with Crippen LogP contribution < -0.4 is 0 Å². The third-order valence-corrected chi connectivity index (χ3v) is 1.56. The zero-order chi connectivity index (χ0) is 15.3. The average molecular weight is 257 g/mol. The van der Waals surface area contributed by atoms with Gasteiger partial charge in [-0.25, -0.2) is 0 Å². The number of nitrogens with zero attached hydrogens (tertiary/aromatic N) is 3. The number of allylic oxidation sites excluding steroid dienone is 2. The fourth-order valence-corrected chi connectivity index (χ4v) is 0.423. The molecule has 0 bridgehead atoms. The van der Waals surface area contributed by atoms with Crippen LogP contribution in [0.15, 0.2) is 16.8 Å². The number of carbonyl (C=O) groups excluding carboxylic acids is 1. The van der Waals surface area contributed by atoms with Gasteiger partial charge >= 0.3 is 0 Å². The number of carbonyl (C=O) groups is 1. The molecule has 0 aliphatic heterocycles. The molecule has 0 N–H and O–H groups in total. The predicted molar refractivity (Wildman–Crippen MR) is 82.4 cm³/mol. The summed E-state index contributed by atoms with van der Waals surface area (Å²) in [5.41, 5.74) is 2.12. The van der Waals surface area contributed by atoms with Crippen molar-refractivity contribution in [2.24, 2.45) is 4.99 Å². The van der Waals surface area contributed by atoms with Gasteiger partial charge in [-0.05, 0) is 54.9 Å². The SMILES string of the molecule is CC(=O)/C=C(\C)N(C)C.CN(C)C.CN=C(C)C. The molecule has 0 unspecified atom stereocenters. The molecule has 0 saturated carbocycles. The lowest BCUT2D eigenvalue weighted by Gasteiger charge is -2.10. The van der Waals surface area contributed by atoms with E-state index in [9.17, 15) is 4.79 Å². The van der Waals surface area contributed by atoms with E-state index in [0.29, 0.717) is 0 Å². The van der Waals surface area contributed by atoms with E-state index >= 15 is 0 Å². The van der Waals surface area contributed by atoms with E-state index in [1.807, 2.05) is 65.8 Å². The smallest absolute Gasteiger partial charge is 0.154 e. The molecule has 0 fully saturated rings. The molecule has 0 atom stereocenters. The second kappa shape index (κ2) is 13.9. The molecule has 0 aliphatic carbocycles. The molecule has 0 radical (unpaired) electrons. The van der Waals surface area contributed by atoms with Crippen LogP contribution >= 0.6 is 0 Å². The highest BCUT2D eigenvalue weighted by Gasteiger charge is 1.91. The highest BCUT2D eigenvalue weighted by atomic mass is 16.1. The summed E-state index contributed by atoms with van der Waals surface area (Å²) in [5, 5.41) is 0. The second-order valence-electron chi connectivity index (χ2n) is 4.80. The Kier molecular flexibility index (Phi) is 17.0. The topological polar surface area (TPSA) is 35.9 Å². The van der Waals surface area contributed by atoms with E-state index in [1.165, 1.54) is 0 Å². The minimum Gasteiger partial charge on any atom is -0.381 e. The Morgan fingerprint density at radius 2 is 1.22 bits per heavy atom. The van der Waals surface area contributed by atoms with E-state index in [2.05, 4.69) is 4.99 Å². The summed E-state index contributed by atoms with van der Waals surface area (Å²) in [6, 6.07) is 0. The third-order valence-electron chi connectivity index (χ3n) is 1.56. The molecule has 4 nitrogen and oxygen atoms in total. The van der Waals surface area contributed by atoms with Crippen LogP contribution in [0.3, 0.4) is 0 Å². The Balaban J connectivity index is -0.000000212. The molecule has 0 aromatic rings. The fourth-order valence-electron chi connectivity index (χ4n) is 0.423. The van der Waals surface area contributed by atoms with E-state index in [1.54, 1.807) is 20.0 Å². The number of ketones is 1. The van der Waals surface area contributed by atoms with Gasteiger partial charge in [0.25, 0.3) is 0 Å². The summed E-state index contributed by atoms with van der Waals surface area (Å²) in [7, 11) is 11.6. The van der Waals surface area contributed by atoms with Crippen LogP contribution in [-0.2, 0) is 4.79 Å². The van der Waals surface area contributed by atoms with Crippen LogP contribution in [0, 0.1) is 0 Å². The summed E-state index contributed by atoms with van der Waals surface area (Å²) in [6.45, 7) is 7.40. The van der Waals surface area contributed by atoms with Crippen molar-refractivity contribution in [3.63, 3.8) is 0 Å². The lowest BCUT2D eigenvalue weighted by Crippen LogP contribution is -2.09. The van der Waals surface area contributed by atoms with Gasteiger partial charge in [-0.2, -0.15) is 0 Å². The predicted octanol–water partition coefficient (Wildman–Crippen LogP) is 2.32. The Morgan fingerprint density at radius 1 is 0.944 bits per heavy atom. The standard InChI is InChI=1S/C7H13NO.C4H9N.C3H9N/c1-6(8(3)4)5-7(2)9;1-4(2)5-3;1-4(2)3/h5H,1-4H3;1-3H3;1-3H3/b6-5+;;. The van der Waals surface area contributed by atoms with Crippen molar-refractivity contribution >= 4 is 11.5 Å². The quantitative estimate of drug-likeness (QED) is 0.562. The third kappa shape index (κ3) is 36.4. The van der Waals surface area contributed by atoms with Crippen LogP contribution in [0.1, 0.15) is 27.7 Å². The summed E-state index contributed by atoms with van der Waals surface area (Å²) < 4.78 is 0. The molecule has 0 spiro atoms. The number of hydrogen-bond donors (Lipinski definition) is 0. The van der Waals surface area contributed by atoms with Crippen molar-refractivity contribution in [3.05, 3.63) is 11.8 Å². The van der Waals surface area contributed by atoms with Gasteiger partial charge < -0.3 is 9.80 Å². The highest BCUT2D eigenvalue weighted by Crippen LogP contribution is 1.94. The molecule has 0 rings (SSSR count). The maximum atomic E-state index is 10.5.